The van der Waals surface area contributed by atoms with Gasteiger partial charge in [0.2, 0.25) is 0 Å². The first-order valence-corrected chi connectivity index (χ1v) is 8.85. The van der Waals surface area contributed by atoms with E-state index in [4.69, 9.17) is 20.1 Å². The fourth-order valence-electron chi connectivity index (χ4n) is 1.95. The van der Waals surface area contributed by atoms with Gasteiger partial charge in [0, 0.05) is 36.2 Å². The first-order chi connectivity index (χ1) is 12.4. The number of ether oxygens (including phenoxy) is 1. The Hall–Kier alpha value is -2.52. The van der Waals surface area contributed by atoms with Crippen LogP contribution >= 0.6 is 11.8 Å². The Morgan fingerprint density at radius 1 is 1.12 bits per heavy atom. The van der Waals surface area contributed by atoms with E-state index >= 15 is 0 Å². The minimum Gasteiger partial charge on any atom is -0.494 e. The summed E-state index contributed by atoms with van der Waals surface area (Å²) in [6.45, 7) is 2.82. The fourth-order valence-corrected chi connectivity index (χ4v) is 3.04. The maximum Gasteiger partial charge on any atom is 0.335 e. The van der Waals surface area contributed by atoms with Crippen LogP contribution in [0.4, 0.5) is 0 Å². The van der Waals surface area contributed by atoms with Gasteiger partial charge in [-0.15, -0.1) is 0 Å². The van der Waals surface area contributed by atoms with Crippen molar-refractivity contribution in [1.82, 2.24) is 5.32 Å². The molecule has 1 aromatic rings. The summed E-state index contributed by atoms with van der Waals surface area (Å²) in [6.07, 6.45) is 2.13. The van der Waals surface area contributed by atoms with Crippen LogP contribution in [0.15, 0.2) is 36.4 Å². The number of carbonyl (C=O) groups is 3. The average molecular weight is 383 g/mol. The van der Waals surface area contributed by atoms with E-state index in [0.29, 0.717) is 24.0 Å². The molecule has 0 radical (unpaired) electrons. The number of hydrogen-bond acceptors (Lipinski definition) is 6. The molecule has 4 N–H and O–H groups in total. The monoisotopic (exact) mass is 383 g/mol. The Morgan fingerprint density at radius 2 is 1.73 bits per heavy atom. The van der Waals surface area contributed by atoms with Crippen LogP contribution in [0.1, 0.15) is 16.8 Å². The number of hydrogen-bond donors (Lipinski definition) is 4. The second-order valence-electron chi connectivity index (χ2n) is 5.17. The largest absolute Gasteiger partial charge is 0.494 e. The summed E-state index contributed by atoms with van der Waals surface area (Å²) in [7, 11) is 0. The molecular formula is C17H21NO7S. The van der Waals surface area contributed by atoms with Gasteiger partial charge in [0.1, 0.15) is 5.75 Å². The van der Waals surface area contributed by atoms with Crippen LogP contribution in [-0.2, 0) is 9.59 Å². The topological polar surface area (TPSA) is 133 Å². The second-order valence-corrected chi connectivity index (χ2v) is 6.58. The van der Waals surface area contributed by atoms with Gasteiger partial charge < -0.3 is 25.4 Å². The summed E-state index contributed by atoms with van der Waals surface area (Å²) in [6, 6.07) is 6.54. The SMILES string of the molecule is O=C(O)C=CC(=O)O.O=C(O)c1ccc(OCCC2CNCCS2)cc1. The Balaban J connectivity index is 0.000000359. The average Bonchev–Trinajstić information content (AvgIpc) is 2.62. The van der Waals surface area contributed by atoms with Gasteiger partial charge in [-0.1, -0.05) is 0 Å². The molecule has 0 saturated carbocycles. The van der Waals surface area contributed by atoms with E-state index in [1.165, 1.54) is 0 Å². The van der Waals surface area contributed by atoms with E-state index in [1.54, 1.807) is 24.3 Å². The summed E-state index contributed by atoms with van der Waals surface area (Å²) < 4.78 is 5.61. The molecule has 0 bridgehead atoms. The van der Waals surface area contributed by atoms with Crippen LogP contribution in [0.5, 0.6) is 5.75 Å². The molecule has 0 aliphatic carbocycles. The highest BCUT2D eigenvalue weighted by atomic mass is 32.2. The van der Waals surface area contributed by atoms with Gasteiger partial charge in [-0.3, -0.25) is 0 Å². The van der Waals surface area contributed by atoms with Gasteiger partial charge in [-0.2, -0.15) is 11.8 Å². The van der Waals surface area contributed by atoms with Gasteiger partial charge >= 0.3 is 17.9 Å². The van der Waals surface area contributed by atoms with Crippen LogP contribution < -0.4 is 10.1 Å². The van der Waals surface area contributed by atoms with E-state index in [2.05, 4.69) is 5.32 Å². The zero-order chi connectivity index (χ0) is 19.4. The smallest absolute Gasteiger partial charge is 0.335 e. The Kier molecular flexibility index (Phi) is 9.88. The molecule has 0 aromatic heterocycles. The number of aromatic carboxylic acids is 1. The Bertz CT molecular complexity index is 609. The molecule has 1 aromatic carbocycles. The number of aliphatic carboxylic acids is 2. The summed E-state index contributed by atoms with van der Waals surface area (Å²) in [5.74, 6) is -1.53. The predicted molar refractivity (Wildman–Crippen MR) is 97.0 cm³/mol. The molecule has 1 heterocycles. The zero-order valence-corrected chi connectivity index (χ0v) is 14.8. The molecule has 1 atom stereocenters. The first kappa shape index (κ1) is 21.5. The number of nitrogens with one attached hydrogen (secondary N) is 1. The number of carboxylic acid groups (broad SMARTS) is 3. The molecule has 26 heavy (non-hydrogen) atoms. The molecule has 2 rings (SSSR count). The van der Waals surface area contributed by atoms with Crippen molar-refractivity contribution < 1.29 is 34.4 Å². The molecule has 1 unspecified atom stereocenters. The van der Waals surface area contributed by atoms with Gasteiger partial charge in [0.25, 0.3) is 0 Å². The highest BCUT2D eigenvalue weighted by Crippen LogP contribution is 2.18. The Morgan fingerprint density at radius 3 is 2.19 bits per heavy atom. The lowest BCUT2D eigenvalue weighted by atomic mass is 10.2. The van der Waals surface area contributed by atoms with Gasteiger partial charge in [0.15, 0.2) is 0 Å². The van der Waals surface area contributed by atoms with Crippen molar-refractivity contribution >= 4 is 29.7 Å². The molecule has 9 heteroatoms. The molecule has 0 amide bonds. The van der Waals surface area contributed by atoms with Crippen molar-refractivity contribution in [1.29, 1.82) is 0 Å². The van der Waals surface area contributed by atoms with Crippen LogP contribution in [-0.4, -0.2) is 63.9 Å². The van der Waals surface area contributed by atoms with E-state index in [9.17, 15) is 14.4 Å². The lowest BCUT2D eigenvalue weighted by Gasteiger charge is -2.22. The van der Waals surface area contributed by atoms with Crippen molar-refractivity contribution in [3.8, 4) is 5.75 Å². The van der Waals surface area contributed by atoms with Crippen molar-refractivity contribution in [2.24, 2.45) is 0 Å². The maximum atomic E-state index is 10.7. The highest BCUT2D eigenvalue weighted by molar-refractivity contribution is 8.00. The summed E-state index contributed by atoms with van der Waals surface area (Å²) in [5.41, 5.74) is 0.286. The van der Waals surface area contributed by atoms with Crippen LogP contribution in [0.2, 0.25) is 0 Å². The molecule has 8 nitrogen and oxygen atoms in total. The third-order valence-corrected chi connectivity index (χ3v) is 4.50. The van der Waals surface area contributed by atoms with Gasteiger partial charge in [-0.25, -0.2) is 14.4 Å². The molecular weight excluding hydrogens is 362 g/mol. The number of benzene rings is 1. The third-order valence-electron chi connectivity index (χ3n) is 3.18. The summed E-state index contributed by atoms with van der Waals surface area (Å²) >= 11 is 1.98. The minimum absolute atomic E-state index is 0.286. The zero-order valence-electron chi connectivity index (χ0n) is 14.0. The number of thioether (sulfide) groups is 1. The van der Waals surface area contributed by atoms with Crippen molar-refractivity contribution in [2.75, 3.05) is 25.4 Å². The van der Waals surface area contributed by atoms with Crippen LogP contribution in [0.25, 0.3) is 0 Å². The molecule has 142 valence electrons. The molecule has 1 aliphatic rings. The second kappa shape index (κ2) is 11.9. The molecule has 1 saturated heterocycles. The lowest BCUT2D eigenvalue weighted by molar-refractivity contribution is -0.134. The third kappa shape index (κ3) is 9.70. The van der Waals surface area contributed by atoms with Gasteiger partial charge in [0.05, 0.1) is 12.2 Å². The lowest BCUT2D eigenvalue weighted by Crippen LogP contribution is -2.33. The number of rotatable bonds is 7. The van der Waals surface area contributed by atoms with E-state index in [0.717, 1.165) is 31.0 Å². The van der Waals surface area contributed by atoms with Crippen LogP contribution in [0.3, 0.4) is 0 Å². The molecule has 0 spiro atoms. The minimum atomic E-state index is -1.26. The fraction of sp³-hybridized carbons (Fsp3) is 0.353. The maximum absolute atomic E-state index is 10.7. The standard InChI is InChI=1S/C13H17NO3S.C4H4O4/c15-13(16)10-1-3-11(4-2-10)17-7-5-12-9-14-6-8-18-12;5-3(6)1-2-4(7)8/h1-4,12,14H,5-9H2,(H,15,16);1-2H,(H,5,6)(H,7,8). The summed E-state index contributed by atoms with van der Waals surface area (Å²) in [5, 5.41) is 28.4. The van der Waals surface area contributed by atoms with E-state index < -0.39 is 17.9 Å². The molecule has 1 aliphatic heterocycles. The highest BCUT2D eigenvalue weighted by Gasteiger charge is 2.13. The van der Waals surface area contributed by atoms with E-state index in [-0.39, 0.29) is 5.56 Å². The van der Waals surface area contributed by atoms with E-state index in [1.807, 2.05) is 11.8 Å². The van der Waals surface area contributed by atoms with Crippen molar-refractivity contribution in [3.05, 3.63) is 42.0 Å². The molecule has 1 fully saturated rings. The quantitative estimate of drug-likeness (QED) is 0.518. The number of carboxylic acids is 3. The summed E-state index contributed by atoms with van der Waals surface area (Å²) in [4.78, 5) is 29.8. The van der Waals surface area contributed by atoms with Crippen LogP contribution in [0, 0.1) is 0 Å². The van der Waals surface area contributed by atoms with Gasteiger partial charge in [-0.05, 0) is 30.7 Å². The van der Waals surface area contributed by atoms with Crippen molar-refractivity contribution in [3.63, 3.8) is 0 Å². The predicted octanol–water partition coefficient (Wildman–Crippen LogP) is 1.57. The first-order valence-electron chi connectivity index (χ1n) is 7.81. The van der Waals surface area contributed by atoms with Crippen molar-refractivity contribution in [2.45, 2.75) is 11.7 Å². The Labute approximate surface area is 154 Å². The normalized spacial score (nSPS) is 16.4.